The van der Waals surface area contributed by atoms with Gasteiger partial charge in [-0.3, -0.25) is 14.4 Å². The molecule has 0 saturated carbocycles. The Kier molecular flexibility index (Phi) is 4.02. The molecule has 0 aliphatic heterocycles. The Hall–Kier alpha value is -2.07. The van der Waals surface area contributed by atoms with E-state index in [2.05, 4.69) is 0 Å². The van der Waals surface area contributed by atoms with E-state index in [0.717, 1.165) is 0 Å². The Bertz CT molecular complexity index is 543. The molecule has 0 fully saturated rings. The normalized spacial score (nSPS) is 18.9. The van der Waals surface area contributed by atoms with Crippen molar-refractivity contribution in [3.8, 4) is 0 Å². The van der Waals surface area contributed by atoms with Crippen LogP contribution in [0.25, 0.3) is 0 Å². The molecule has 0 aromatic heterocycles. The minimum atomic E-state index is -1.07. The fraction of sp³-hybridized carbons (Fsp3) is 0.267. The van der Waals surface area contributed by atoms with Gasteiger partial charge in [-0.25, -0.2) is 0 Å². The number of hydrogen-bond donors (Lipinski definition) is 1. The van der Waals surface area contributed by atoms with Gasteiger partial charge in [0, 0.05) is 24.0 Å². The third-order valence-electron chi connectivity index (χ3n) is 3.07. The largest absolute Gasteiger partial charge is 0.388 e. The van der Waals surface area contributed by atoms with E-state index in [9.17, 15) is 19.5 Å². The number of carbonyl (C=O) groups excluding carboxylic acids is 3. The first-order valence-electron chi connectivity index (χ1n) is 6.09. The summed E-state index contributed by atoms with van der Waals surface area (Å²) in [7, 11) is 0. The van der Waals surface area contributed by atoms with Gasteiger partial charge in [0.2, 0.25) is 0 Å². The molecule has 1 aromatic rings. The van der Waals surface area contributed by atoms with Gasteiger partial charge in [0.05, 0.1) is 12.5 Å². The first-order valence-corrected chi connectivity index (χ1v) is 6.09. The van der Waals surface area contributed by atoms with Crippen molar-refractivity contribution in [1.29, 1.82) is 0 Å². The molecule has 1 unspecified atom stereocenters. The lowest BCUT2D eigenvalue weighted by Crippen LogP contribution is -2.26. The molecule has 0 heterocycles. The highest BCUT2D eigenvalue weighted by Gasteiger charge is 2.26. The number of hydrogen-bond acceptors (Lipinski definition) is 4. The molecule has 1 atom stereocenters. The molecule has 98 valence electrons. The lowest BCUT2D eigenvalue weighted by atomic mass is 9.90. The average molecular weight is 258 g/mol. The number of aliphatic hydroxyl groups excluding tert-OH is 1. The van der Waals surface area contributed by atoms with E-state index in [1.165, 1.54) is 6.08 Å². The number of carbonyl (C=O) groups is 3. The van der Waals surface area contributed by atoms with Crippen LogP contribution in [0.1, 0.15) is 29.6 Å². The van der Waals surface area contributed by atoms with Gasteiger partial charge < -0.3 is 5.11 Å². The van der Waals surface area contributed by atoms with Crippen LogP contribution in [-0.4, -0.2) is 28.6 Å². The third kappa shape index (κ3) is 3.23. The Morgan fingerprint density at radius 1 is 1.16 bits per heavy atom. The van der Waals surface area contributed by atoms with E-state index >= 15 is 0 Å². The smallest absolute Gasteiger partial charge is 0.170 e. The quantitative estimate of drug-likeness (QED) is 0.656. The number of allylic oxidation sites excluding steroid dienone is 1. The Labute approximate surface area is 110 Å². The zero-order valence-electron chi connectivity index (χ0n) is 10.3. The highest BCUT2D eigenvalue weighted by molar-refractivity contribution is 6.14. The van der Waals surface area contributed by atoms with Crippen LogP contribution < -0.4 is 0 Å². The van der Waals surface area contributed by atoms with Gasteiger partial charge in [0.15, 0.2) is 11.6 Å². The third-order valence-corrected chi connectivity index (χ3v) is 3.07. The van der Waals surface area contributed by atoms with Crippen LogP contribution >= 0.6 is 0 Å². The molecule has 4 heteroatoms. The molecule has 2 rings (SSSR count). The van der Waals surface area contributed by atoms with E-state index in [0.29, 0.717) is 5.56 Å². The summed E-state index contributed by atoms with van der Waals surface area (Å²) in [4.78, 5) is 34.9. The van der Waals surface area contributed by atoms with E-state index in [1.807, 2.05) is 0 Å². The molecule has 1 aromatic carbocycles. The van der Waals surface area contributed by atoms with E-state index < -0.39 is 11.9 Å². The van der Waals surface area contributed by atoms with Crippen molar-refractivity contribution in [3.63, 3.8) is 0 Å². The zero-order chi connectivity index (χ0) is 13.8. The van der Waals surface area contributed by atoms with Gasteiger partial charge in [-0.05, 0) is 0 Å². The zero-order valence-corrected chi connectivity index (χ0v) is 10.3. The lowest BCUT2D eigenvalue weighted by molar-refractivity contribution is -0.121. The van der Waals surface area contributed by atoms with Crippen molar-refractivity contribution in [3.05, 3.63) is 47.5 Å². The number of ketones is 3. The van der Waals surface area contributed by atoms with Crippen molar-refractivity contribution in [2.75, 3.05) is 0 Å². The number of aliphatic hydroxyl groups is 1. The molecule has 0 spiro atoms. The minimum Gasteiger partial charge on any atom is -0.388 e. The second kappa shape index (κ2) is 5.71. The molecule has 1 N–H and O–H groups in total. The van der Waals surface area contributed by atoms with Crippen LogP contribution in [0.15, 0.2) is 42.0 Å². The molecule has 19 heavy (non-hydrogen) atoms. The van der Waals surface area contributed by atoms with Crippen LogP contribution in [0.2, 0.25) is 0 Å². The Morgan fingerprint density at radius 2 is 1.84 bits per heavy atom. The topological polar surface area (TPSA) is 71.4 Å². The summed E-state index contributed by atoms with van der Waals surface area (Å²) >= 11 is 0. The summed E-state index contributed by atoms with van der Waals surface area (Å²) in [5, 5.41) is 9.67. The molecular formula is C15H14O4. The van der Waals surface area contributed by atoms with Crippen LogP contribution in [-0.2, 0) is 9.59 Å². The molecule has 0 saturated heterocycles. The first kappa shape index (κ1) is 13.4. The van der Waals surface area contributed by atoms with Crippen molar-refractivity contribution in [2.45, 2.75) is 25.4 Å². The number of benzene rings is 1. The summed E-state index contributed by atoms with van der Waals surface area (Å²) in [5.74, 6) is -0.789. The van der Waals surface area contributed by atoms with Crippen LogP contribution in [0, 0.1) is 0 Å². The molecule has 1 aliphatic rings. The minimum absolute atomic E-state index is 0.0445. The molecular weight excluding hydrogens is 244 g/mol. The van der Waals surface area contributed by atoms with Gasteiger partial charge in [-0.15, -0.1) is 0 Å². The highest BCUT2D eigenvalue weighted by Crippen LogP contribution is 2.19. The van der Waals surface area contributed by atoms with Crippen molar-refractivity contribution in [1.82, 2.24) is 0 Å². The fourth-order valence-electron chi connectivity index (χ4n) is 2.04. The lowest BCUT2D eigenvalue weighted by Gasteiger charge is -2.17. The van der Waals surface area contributed by atoms with E-state index in [1.54, 1.807) is 30.3 Å². The molecule has 1 aliphatic carbocycles. The maximum absolute atomic E-state index is 11.9. The van der Waals surface area contributed by atoms with Crippen LogP contribution in [0.4, 0.5) is 0 Å². The summed E-state index contributed by atoms with van der Waals surface area (Å²) in [6, 6.07) is 8.53. The fourth-order valence-corrected chi connectivity index (χ4v) is 2.04. The molecule has 4 nitrogen and oxygen atoms in total. The SMILES string of the molecule is O=C1CC=C(C(=O)CC(=O)c2ccccc2)C(O)C1. The number of rotatable bonds is 4. The summed E-state index contributed by atoms with van der Waals surface area (Å²) in [6.07, 6.45) is 0.185. The Morgan fingerprint density at radius 3 is 2.47 bits per heavy atom. The van der Waals surface area contributed by atoms with Gasteiger partial charge >= 0.3 is 0 Å². The van der Waals surface area contributed by atoms with Crippen molar-refractivity contribution >= 4 is 17.3 Å². The summed E-state index contributed by atoms with van der Waals surface area (Å²) in [5.41, 5.74) is 0.654. The molecule has 0 bridgehead atoms. The standard InChI is InChI=1S/C15H14O4/c16-11-6-7-12(14(18)8-11)15(19)9-13(17)10-4-2-1-3-5-10/h1-5,7,14,18H,6,8-9H2. The average Bonchev–Trinajstić information content (AvgIpc) is 2.39. The van der Waals surface area contributed by atoms with Gasteiger partial charge in [-0.1, -0.05) is 36.4 Å². The molecule has 0 radical (unpaired) electrons. The van der Waals surface area contributed by atoms with Crippen molar-refractivity contribution < 1.29 is 19.5 Å². The predicted octanol–water partition coefficient (Wildman–Crippen LogP) is 1.48. The maximum Gasteiger partial charge on any atom is 0.170 e. The summed E-state index contributed by atoms with van der Waals surface area (Å²) < 4.78 is 0. The first-order chi connectivity index (χ1) is 9.08. The monoisotopic (exact) mass is 258 g/mol. The van der Waals surface area contributed by atoms with Crippen LogP contribution in [0.3, 0.4) is 0 Å². The van der Waals surface area contributed by atoms with E-state index in [-0.39, 0.29) is 36.4 Å². The summed E-state index contributed by atoms with van der Waals surface area (Å²) in [6.45, 7) is 0. The second-order valence-corrected chi connectivity index (χ2v) is 4.51. The van der Waals surface area contributed by atoms with Gasteiger partial charge in [0.1, 0.15) is 5.78 Å². The number of Topliss-reactive ketones (excluding diaryl/α,β-unsaturated/α-hetero) is 3. The van der Waals surface area contributed by atoms with E-state index in [4.69, 9.17) is 0 Å². The van der Waals surface area contributed by atoms with Gasteiger partial charge in [0.25, 0.3) is 0 Å². The predicted molar refractivity (Wildman–Crippen MR) is 68.7 cm³/mol. The highest BCUT2D eigenvalue weighted by atomic mass is 16.3. The van der Waals surface area contributed by atoms with Gasteiger partial charge in [-0.2, -0.15) is 0 Å². The Balaban J connectivity index is 2.06. The second-order valence-electron chi connectivity index (χ2n) is 4.51. The van der Waals surface area contributed by atoms with Crippen molar-refractivity contribution in [2.24, 2.45) is 0 Å². The van der Waals surface area contributed by atoms with Crippen LogP contribution in [0.5, 0.6) is 0 Å². The molecule has 0 amide bonds. The maximum atomic E-state index is 11.9.